The molecule has 74 valence electrons. The first kappa shape index (κ1) is 9.26. The van der Waals surface area contributed by atoms with Gasteiger partial charge in [-0.25, -0.2) is 9.97 Å². The summed E-state index contributed by atoms with van der Waals surface area (Å²) in [6.45, 7) is 0. The molecule has 0 amide bonds. The number of aromatic nitrogens is 4. The molecule has 0 fully saturated rings. The van der Waals surface area contributed by atoms with Crippen molar-refractivity contribution in [1.82, 2.24) is 19.7 Å². The fourth-order valence-corrected chi connectivity index (χ4v) is 1.67. The molecule has 6 heteroatoms. The summed E-state index contributed by atoms with van der Waals surface area (Å²) < 4.78 is 1.71. The Morgan fingerprint density at radius 3 is 3.00 bits per heavy atom. The van der Waals surface area contributed by atoms with Gasteiger partial charge in [-0.1, -0.05) is 0 Å². The van der Waals surface area contributed by atoms with E-state index >= 15 is 0 Å². The van der Waals surface area contributed by atoms with Gasteiger partial charge in [0.15, 0.2) is 5.65 Å². The molecule has 0 aliphatic rings. The predicted molar refractivity (Wildman–Crippen MR) is 57.9 cm³/mol. The summed E-state index contributed by atoms with van der Waals surface area (Å²) in [7, 11) is 1.84. The van der Waals surface area contributed by atoms with Crippen LogP contribution in [0.3, 0.4) is 0 Å². The van der Waals surface area contributed by atoms with Crippen LogP contribution in [0.2, 0.25) is 0 Å². The van der Waals surface area contributed by atoms with Crippen LogP contribution in [0.4, 0.5) is 5.82 Å². The van der Waals surface area contributed by atoms with Gasteiger partial charge in [0.25, 0.3) is 0 Å². The van der Waals surface area contributed by atoms with Crippen molar-refractivity contribution in [3.05, 3.63) is 12.0 Å². The molecular weight excluding hydrogens is 198 g/mol. The van der Waals surface area contributed by atoms with Gasteiger partial charge >= 0.3 is 0 Å². The molecule has 0 bridgehead atoms. The Balaban J connectivity index is 2.63. The van der Waals surface area contributed by atoms with Crippen LogP contribution >= 0.6 is 11.8 Å². The summed E-state index contributed by atoms with van der Waals surface area (Å²) in [5.41, 5.74) is 6.58. The van der Waals surface area contributed by atoms with Crippen molar-refractivity contribution in [2.24, 2.45) is 7.05 Å². The van der Waals surface area contributed by atoms with E-state index in [0.717, 1.165) is 22.6 Å². The maximum Gasteiger partial charge on any atom is 0.163 e. The monoisotopic (exact) mass is 209 g/mol. The van der Waals surface area contributed by atoms with Gasteiger partial charge in [0.2, 0.25) is 0 Å². The van der Waals surface area contributed by atoms with Crippen LogP contribution in [0.5, 0.6) is 0 Å². The van der Waals surface area contributed by atoms with Crippen molar-refractivity contribution < 1.29 is 0 Å². The van der Waals surface area contributed by atoms with Crippen LogP contribution in [0.15, 0.2) is 6.20 Å². The average Bonchev–Trinajstić information content (AvgIpc) is 2.49. The lowest BCUT2D eigenvalue weighted by atomic mass is 10.4. The number of hydrogen-bond donors (Lipinski definition) is 1. The average molecular weight is 209 g/mol. The topological polar surface area (TPSA) is 69.6 Å². The second-order valence-electron chi connectivity index (χ2n) is 2.96. The van der Waals surface area contributed by atoms with Crippen LogP contribution in [-0.2, 0) is 12.8 Å². The summed E-state index contributed by atoms with van der Waals surface area (Å²) in [5.74, 6) is 2.03. The highest BCUT2D eigenvalue weighted by molar-refractivity contribution is 7.97. The van der Waals surface area contributed by atoms with Crippen LogP contribution in [0, 0.1) is 0 Å². The van der Waals surface area contributed by atoms with Gasteiger partial charge in [-0.2, -0.15) is 16.9 Å². The molecule has 0 aliphatic carbocycles. The zero-order chi connectivity index (χ0) is 10.1. The maximum absolute atomic E-state index is 5.79. The van der Waals surface area contributed by atoms with Crippen molar-refractivity contribution in [3.8, 4) is 0 Å². The molecule has 0 saturated carbocycles. The highest BCUT2D eigenvalue weighted by atomic mass is 32.2. The molecule has 2 rings (SSSR count). The quantitative estimate of drug-likeness (QED) is 0.792. The Morgan fingerprint density at radius 1 is 1.50 bits per heavy atom. The second kappa shape index (κ2) is 3.45. The number of aryl methyl sites for hydroxylation is 1. The van der Waals surface area contributed by atoms with Gasteiger partial charge in [0.05, 0.1) is 17.3 Å². The fourth-order valence-electron chi connectivity index (χ4n) is 1.28. The molecule has 2 aromatic heterocycles. The molecule has 2 heterocycles. The second-order valence-corrected chi connectivity index (χ2v) is 3.83. The molecular formula is C8H11N5S. The van der Waals surface area contributed by atoms with Crippen LogP contribution in [0.1, 0.15) is 5.82 Å². The van der Waals surface area contributed by atoms with E-state index in [4.69, 9.17) is 5.73 Å². The summed E-state index contributed by atoms with van der Waals surface area (Å²) >= 11 is 1.67. The third-order valence-electron chi connectivity index (χ3n) is 1.94. The molecule has 2 N–H and O–H groups in total. The SMILES string of the molecule is CSCc1nc(N)c2cnn(C)c2n1. The van der Waals surface area contributed by atoms with Crippen molar-refractivity contribution in [3.63, 3.8) is 0 Å². The molecule has 0 saturated heterocycles. The molecule has 0 spiro atoms. The highest BCUT2D eigenvalue weighted by Gasteiger charge is 2.08. The fraction of sp³-hybridized carbons (Fsp3) is 0.375. The lowest BCUT2D eigenvalue weighted by Crippen LogP contribution is -2.01. The van der Waals surface area contributed by atoms with E-state index in [1.165, 1.54) is 0 Å². The van der Waals surface area contributed by atoms with Crippen molar-refractivity contribution in [2.45, 2.75) is 5.75 Å². The summed E-state index contributed by atoms with van der Waals surface area (Å²) in [4.78, 5) is 8.57. The van der Waals surface area contributed by atoms with Crippen LogP contribution in [-0.4, -0.2) is 26.0 Å². The summed E-state index contributed by atoms with van der Waals surface area (Å²) in [5, 5.41) is 4.90. The van der Waals surface area contributed by atoms with E-state index in [9.17, 15) is 0 Å². The van der Waals surface area contributed by atoms with Gasteiger partial charge in [0.1, 0.15) is 11.6 Å². The van der Waals surface area contributed by atoms with Crippen LogP contribution in [0.25, 0.3) is 11.0 Å². The van der Waals surface area contributed by atoms with E-state index in [0.29, 0.717) is 5.82 Å². The molecule has 0 aliphatic heterocycles. The van der Waals surface area contributed by atoms with E-state index in [2.05, 4.69) is 15.1 Å². The first-order valence-electron chi connectivity index (χ1n) is 4.15. The lowest BCUT2D eigenvalue weighted by Gasteiger charge is -2.00. The molecule has 0 aromatic carbocycles. The number of thioether (sulfide) groups is 1. The Morgan fingerprint density at radius 2 is 2.29 bits per heavy atom. The molecule has 0 unspecified atom stereocenters. The van der Waals surface area contributed by atoms with Gasteiger partial charge in [-0.15, -0.1) is 0 Å². The minimum absolute atomic E-state index is 0.507. The minimum atomic E-state index is 0.507. The van der Waals surface area contributed by atoms with Gasteiger partial charge in [-0.05, 0) is 6.26 Å². The first-order chi connectivity index (χ1) is 6.72. The van der Waals surface area contributed by atoms with Crippen molar-refractivity contribution in [2.75, 3.05) is 12.0 Å². The predicted octanol–water partition coefficient (Wildman–Crippen LogP) is 0.809. The van der Waals surface area contributed by atoms with Gasteiger partial charge < -0.3 is 5.73 Å². The van der Waals surface area contributed by atoms with E-state index in [-0.39, 0.29) is 0 Å². The Labute approximate surface area is 85.7 Å². The number of hydrogen-bond acceptors (Lipinski definition) is 5. The molecule has 0 atom stereocenters. The zero-order valence-electron chi connectivity index (χ0n) is 8.06. The van der Waals surface area contributed by atoms with Gasteiger partial charge in [0, 0.05) is 7.05 Å². The number of nitrogens with zero attached hydrogens (tertiary/aromatic N) is 4. The number of fused-ring (bicyclic) bond motifs is 1. The molecule has 5 nitrogen and oxygen atoms in total. The third kappa shape index (κ3) is 1.41. The third-order valence-corrected chi connectivity index (χ3v) is 2.49. The van der Waals surface area contributed by atoms with E-state index < -0.39 is 0 Å². The van der Waals surface area contributed by atoms with Crippen molar-refractivity contribution >= 4 is 28.6 Å². The smallest absolute Gasteiger partial charge is 0.163 e. The Kier molecular flexibility index (Phi) is 2.28. The number of nitrogen functional groups attached to an aromatic ring is 1. The summed E-state index contributed by atoms with van der Waals surface area (Å²) in [6, 6.07) is 0. The Bertz CT molecular complexity index is 464. The van der Waals surface area contributed by atoms with E-state index in [1.54, 1.807) is 22.6 Å². The van der Waals surface area contributed by atoms with E-state index in [1.807, 2.05) is 13.3 Å². The first-order valence-corrected chi connectivity index (χ1v) is 5.55. The highest BCUT2D eigenvalue weighted by Crippen LogP contribution is 2.17. The van der Waals surface area contributed by atoms with Crippen LogP contribution < -0.4 is 5.73 Å². The molecule has 0 radical (unpaired) electrons. The number of rotatable bonds is 2. The largest absolute Gasteiger partial charge is 0.383 e. The zero-order valence-corrected chi connectivity index (χ0v) is 8.88. The normalized spacial score (nSPS) is 11.0. The maximum atomic E-state index is 5.79. The molecule has 2 aromatic rings. The standard InChI is InChI=1S/C8H11N5S/c1-13-8-5(3-10-13)7(9)11-6(12-8)4-14-2/h3H,4H2,1-2H3,(H2,9,11,12). The van der Waals surface area contributed by atoms with Crippen molar-refractivity contribution in [1.29, 1.82) is 0 Å². The number of nitrogens with two attached hydrogens (primary N) is 1. The number of anilines is 1. The lowest BCUT2D eigenvalue weighted by molar-refractivity contribution is 0.782. The molecule has 14 heavy (non-hydrogen) atoms. The summed E-state index contributed by atoms with van der Waals surface area (Å²) in [6.07, 6.45) is 3.69. The minimum Gasteiger partial charge on any atom is -0.383 e. The van der Waals surface area contributed by atoms with Gasteiger partial charge in [-0.3, -0.25) is 4.68 Å². The Hall–Kier alpha value is -1.30.